The molecular formula is C15H18N2O3. The Morgan fingerprint density at radius 1 is 1.30 bits per heavy atom. The van der Waals surface area contributed by atoms with E-state index in [1.807, 2.05) is 37.3 Å². The molecule has 2 rings (SSSR count). The van der Waals surface area contributed by atoms with Gasteiger partial charge in [-0.3, -0.25) is 19.7 Å². The van der Waals surface area contributed by atoms with Crippen LogP contribution in [0.4, 0.5) is 0 Å². The number of likely N-dealkylation sites (N-methyl/N-ethyl adjacent to an activating group) is 1. The van der Waals surface area contributed by atoms with Crippen molar-refractivity contribution in [1.82, 2.24) is 10.2 Å². The van der Waals surface area contributed by atoms with Gasteiger partial charge in [0.1, 0.15) is 6.04 Å². The van der Waals surface area contributed by atoms with Gasteiger partial charge in [0.2, 0.25) is 17.7 Å². The third kappa shape index (κ3) is 3.23. The molecule has 1 aliphatic rings. The SMILES string of the molecule is CCN(C(=O)CCc1ccccc1)[C@@H]1CC(=O)NC1=O. The predicted octanol–water partition coefficient (Wildman–Crippen LogP) is 0.883. The van der Waals surface area contributed by atoms with E-state index in [0.29, 0.717) is 19.4 Å². The van der Waals surface area contributed by atoms with E-state index < -0.39 is 6.04 Å². The van der Waals surface area contributed by atoms with Crippen LogP contribution >= 0.6 is 0 Å². The fourth-order valence-corrected chi connectivity index (χ4v) is 2.40. The van der Waals surface area contributed by atoms with Gasteiger partial charge >= 0.3 is 0 Å². The first-order valence-corrected chi connectivity index (χ1v) is 6.79. The molecule has 0 spiro atoms. The minimum absolute atomic E-state index is 0.0732. The average molecular weight is 274 g/mol. The summed E-state index contributed by atoms with van der Waals surface area (Å²) in [6.07, 6.45) is 1.05. The maximum absolute atomic E-state index is 12.2. The van der Waals surface area contributed by atoms with Gasteiger partial charge < -0.3 is 4.90 Å². The molecule has 3 amide bonds. The molecule has 5 nitrogen and oxygen atoms in total. The van der Waals surface area contributed by atoms with Crippen molar-refractivity contribution < 1.29 is 14.4 Å². The number of amides is 3. The summed E-state index contributed by atoms with van der Waals surface area (Å²) < 4.78 is 0. The van der Waals surface area contributed by atoms with Crippen molar-refractivity contribution in [2.24, 2.45) is 0 Å². The van der Waals surface area contributed by atoms with Crippen LogP contribution in [0.15, 0.2) is 30.3 Å². The smallest absolute Gasteiger partial charge is 0.249 e. The van der Waals surface area contributed by atoms with Crippen LogP contribution in [0.2, 0.25) is 0 Å². The lowest BCUT2D eigenvalue weighted by molar-refractivity contribution is -0.138. The van der Waals surface area contributed by atoms with Gasteiger partial charge in [-0.25, -0.2) is 0 Å². The molecular weight excluding hydrogens is 256 g/mol. The number of hydrogen-bond acceptors (Lipinski definition) is 3. The lowest BCUT2D eigenvalue weighted by Gasteiger charge is -2.25. The van der Waals surface area contributed by atoms with Crippen molar-refractivity contribution in [3.05, 3.63) is 35.9 Å². The molecule has 1 aliphatic heterocycles. The molecule has 1 saturated heterocycles. The molecule has 106 valence electrons. The number of carbonyl (C=O) groups is 3. The Morgan fingerprint density at radius 2 is 2.00 bits per heavy atom. The fourth-order valence-electron chi connectivity index (χ4n) is 2.40. The Hall–Kier alpha value is -2.17. The average Bonchev–Trinajstić information content (AvgIpc) is 2.77. The van der Waals surface area contributed by atoms with Gasteiger partial charge in [0.15, 0.2) is 0 Å². The van der Waals surface area contributed by atoms with E-state index in [9.17, 15) is 14.4 Å². The molecule has 0 radical (unpaired) electrons. The third-order valence-electron chi connectivity index (χ3n) is 3.45. The fraction of sp³-hybridized carbons (Fsp3) is 0.400. The number of nitrogens with one attached hydrogen (secondary N) is 1. The molecule has 20 heavy (non-hydrogen) atoms. The van der Waals surface area contributed by atoms with E-state index >= 15 is 0 Å². The van der Waals surface area contributed by atoms with Crippen molar-refractivity contribution >= 4 is 17.7 Å². The highest BCUT2D eigenvalue weighted by Gasteiger charge is 2.36. The lowest BCUT2D eigenvalue weighted by Crippen LogP contribution is -2.44. The predicted molar refractivity (Wildman–Crippen MR) is 73.7 cm³/mol. The van der Waals surface area contributed by atoms with E-state index in [1.54, 1.807) is 0 Å². The van der Waals surface area contributed by atoms with Crippen molar-refractivity contribution in [2.45, 2.75) is 32.2 Å². The largest absolute Gasteiger partial charge is 0.330 e. The van der Waals surface area contributed by atoms with Crippen molar-refractivity contribution in [3.8, 4) is 0 Å². The molecule has 0 aliphatic carbocycles. The zero-order valence-corrected chi connectivity index (χ0v) is 11.5. The Labute approximate surface area is 118 Å². The number of hydrogen-bond donors (Lipinski definition) is 1. The number of imide groups is 1. The highest BCUT2D eigenvalue weighted by Crippen LogP contribution is 2.13. The van der Waals surface area contributed by atoms with Gasteiger partial charge in [-0.2, -0.15) is 0 Å². The van der Waals surface area contributed by atoms with Crippen LogP contribution in [0.25, 0.3) is 0 Å². The molecule has 5 heteroatoms. The Bertz CT molecular complexity index is 513. The van der Waals surface area contributed by atoms with E-state index in [2.05, 4.69) is 5.32 Å². The lowest BCUT2D eigenvalue weighted by atomic mass is 10.1. The topological polar surface area (TPSA) is 66.5 Å². The normalized spacial score (nSPS) is 17.9. The van der Waals surface area contributed by atoms with Crippen LogP contribution in [0.3, 0.4) is 0 Å². The summed E-state index contributed by atoms with van der Waals surface area (Å²) in [6, 6.07) is 9.08. The second kappa shape index (κ2) is 6.32. The minimum atomic E-state index is -0.643. The van der Waals surface area contributed by atoms with Gasteiger partial charge in [0, 0.05) is 13.0 Å². The number of carbonyl (C=O) groups excluding carboxylic acids is 3. The van der Waals surface area contributed by atoms with E-state index in [4.69, 9.17) is 0 Å². The van der Waals surface area contributed by atoms with Crippen molar-refractivity contribution in [2.75, 3.05) is 6.54 Å². The first-order chi connectivity index (χ1) is 9.61. The number of rotatable bonds is 5. The zero-order chi connectivity index (χ0) is 14.5. The summed E-state index contributed by atoms with van der Waals surface area (Å²) in [6.45, 7) is 2.25. The van der Waals surface area contributed by atoms with Crippen LogP contribution in [0, 0.1) is 0 Å². The molecule has 1 aromatic rings. The number of nitrogens with zero attached hydrogens (tertiary/aromatic N) is 1. The first kappa shape index (κ1) is 14.2. The second-order valence-corrected chi connectivity index (χ2v) is 4.80. The first-order valence-electron chi connectivity index (χ1n) is 6.79. The summed E-state index contributed by atoms with van der Waals surface area (Å²) in [5.74, 6) is -0.773. The minimum Gasteiger partial charge on any atom is -0.330 e. The van der Waals surface area contributed by atoms with Gasteiger partial charge in [-0.15, -0.1) is 0 Å². The highest BCUT2D eigenvalue weighted by atomic mass is 16.2. The molecule has 1 fully saturated rings. The van der Waals surface area contributed by atoms with Gasteiger partial charge in [0.05, 0.1) is 6.42 Å². The molecule has 0 saturated carbocycles. The van der Waals surface area contributed by atoms with Crippen molar-refractivity contribution in [3.63, 3.8) is 0 Å². The summed E-state index contributed by atoms with van der Waals surface area (Å²) in [7, 11) is 0. The van der Waals surface area contributed by atoms with E-state index in [-0.39, 0.29) is 24.1 Å². The highest BCUT2D eigenvalue weighted by molar-refractivity contribution is 6.06. The van der Waals surface area contributed by atoms with Crippen LogP contribution < -0.4 is 5.32 Å². The molecule has 1 heterocycles. The number of benzene rings is 1. The zero-order valence-electron chi connectivity index (χ0n) is 11.5. The summed E-state index contributed by atoms with van der Waals surface area (Å²) in [5.41, 5.74) is 1.09. The van der Waals surface area contributed by atoms with Gasteiger partial charge in [-0.1, -0.05) is 30.3 Å². The molecule has 1 atom stereocenters. The molecule has 0 aromatic heterocycles. The van der Waals surface area contributed by atoms with Crippen LogP contribution in [-0.4, -0.2) is 35.2 Å². The summed E-state index contributed by atoms with van der Waals surface area (Å²) in [4.78, 5) is 36.6. The number of aryl methyl sites for hydroxylation is 1. The second-order valence-electron chi connectivity index (χ2n) is 4.80. The standard InChI is InChI=1S/C15H18N2O3/c1-2-17(12-10-13(18)16-15(12)20)14(19)9-8-11-6-4-3-5-7-11/h3-7,12H,2,8-10H2,1H3,(H,16,18,20)/t12-/m1/s1. The molecule has 0 unspecified atom stereocenters. The Balaban J connectivity index is 1.96. The maximum Gasteiger partial charge on any atom is 0.249 e. The van der Waals surface area contributed by atoms with Gasteiger partial charge in [-0.05, 0) is 18.9 Å². The Kier molecular flexibility index (Phi) is 4.50. The quantitative estimate of drug-likeness (QED) is 0.811. The molecule has 1 N–H and O–H groups in total. The summed E-state index contributed by atoms with van der Waals surface area (Å²) >= 11 is 0. The monoisotopic (exact) mass is 274 g/mol. The summed E-state index contributed by atoms with van der Waals surface area (Å²) in [5, 5.41) is 2.24. The van der Waals surface area contributed by atoms with Crippen LogP contribution in [0.5, 0.6) is 0 Å². The van der Waals surface area contributed by atoms with E-state index in [0.717, 1.165) is 5.56 Å². The van der Waals surface area contributed by atoms with Gasteiger partial charge in [0.25, 0.3) is 0 Å². The maximum atomic E-state index is 12.2. The van der Waals surface area contributed by atoms with E-state index in [1.165, 1.54) is 4.90 Å². The van der Waals surface area contributed by atoms with Crippen LogP contribution in [0.1, 0.15) is 25.3 Å². The van der Waals surface area contributed by atoms with Crippen molar-refractivity contribution in [1.29, 1.82) is 0 Å². The molecule has 1 aromatic carbocycles. The molecule has 0 bridgehead atoms. The van der Waals surface area contributed by atoms with Crippen LogP contribution in [-0.2, 0) is 20.8 Å². The third-order valence-corrected chi connectivity index (χ3v) is 3.45. The Morgan fingerprint density at radius 3 is 2.55 bits per heavy atom.